The van der Waals surface area contributed by atoms with Crippen molar-refractivity contribution in [3.63, 3.8) is 0 Å². The third kappa shape index (κ3) is 2.05. The highest BCUT2D eigenvalue weighted by Crippen LogP contribution is 2.25. The van der Waals surface area contributed by atoms with E-state index in [-0.39, 0.29) is 0 Å². The zero-order chi connectivity index (χ0) is 12.4. The zero-order valence-electron chi connectivity index (χ0n) is 10.2. The largest absolute Gasteiger partial charge is 0.355 e. The van der Waals surface area contributed by atoms with Gasteiger partial charge in [0, 0.05) is 23.0 Å². The Morgan fingerprint density at radius 1 is 0.944 bits per heavy atom. The smallest absolute Gasteiger partial charge is 0.0725 e. The molecule has 88 valence electrons. The Morgan fingerprint density at radius 2 is 1.78 bits per heavy atom. The van der Waals surface area contributed by atoms with Crippen molar-refractivity contribution in [2.24, 2.45) is 0 Å². The molecule has 0 aliphatic carbocycles. The van der Waals surface area contributed by atoms with E-state index in [2.05, 4.69) is 47.6 Å². The molecule has 18 heavy (non-hydrogen) atoms. The number of hydrogen-bond acceptors (Lipinski definition) is 2. The van der Waals surface area contributed by atoms with Crippen LogP contribution in [0.3, 0.4) is 0 Å². The van der Waals surface area contributed by atoms with Gasteiger partial charge in [-0.05, 0) is 36.8 Å². The monoisotopic (exact) mass is 234 g/mol. The van der Waals surface area contributed by atoms with Crippen molar-refractivity contribution in [2.45, 2.75) is 6.92 Å². The average molecular weight is 234 g/mol. The van der Waals surface area contributed by atoms with Crippen LogP contribution in [0.2, 0.25) is 0 Å². The lowest BCUT2D eigenvalue weighted by molar-refractivity contribution is 1.38. The number of hydrogen-bond donors (Lipinski definition) is 1. The van der Waals surface area contributed by atoms with Crippen LogP contribution in [-0.4, -0.2) is 4.98 Å². The van der Waals surface area contributed by atoms with E-state index in [1.54, 1.807) is 0 Å². The van der Waals surface area contributed by atoms with Crippen molar-refractivity contribution in [2.75, 3.05) is 5.32 Å². The van der Waals surface area contributed by atoms with Crippen LogP contribution in [0.4, 0.5) is 11.4 Å². The molecule has 3 rings (SSSR count). The molecular weight excluding hydrogens is 220 g/mol. The summed E-state index contributed by atoms with van der Waals surface area (Å²) in [5.74, 6) is 0. The number of anilines is 2. The summed E-state index contributed by atoms with van der Waals surface area (Å²) >= 11 is 0. The van der Waals surface area contributed by atoms with E-state index >= 15 is 0 Å². The number of pyridine rings is 1. The van der Waals surface area contributed by atoms with E-state index in [1.165, 1.54) is 5.56 Å². The maximum atomic E-state index is 4.40. The molecule has 0 aliphatic heterocycles. The number of nitrogens with one attached hydrogen (secondary N) is 1. The number of aryl methyl sites for hydroxylation is 1. The zero-order valence-corrected chi connectivity index (χ0v) is 10.2. The lowest BCUT2D eigenvalue weighted by Crippen LogP contribution is -1.92. The molecule has 2 aromatic carbocycles. The quantitative estimate of drug-likeness (QED) is 0.715. The minimum Gasteiger partial charge on any atom is -0.355 e. The first-order valence-corrected chi connectivity index (χ1v) is 6.00. The fraction of sp³-hybridized carbons (Fsp3) is 0.0625. The van der Waals surface area contributed by atoms with E-state index < -0.39 is 0 Å². The highest BCUT2D eigenvalue weighted by atomic mass is 14.9. The highest BCUT2D eigenvalue weighted by Gasteiger charge is 2.02. The van der Waals surface area contributed by atoms with Crippen LogP contribution in [-0.2, 0) is 0 Å². The SMILES string of the molecule is Cc1ccc2c(Nc3ccccc3)ccnc2c1. The van der Waals surface area contributed by atoms with Crippen LogP contribution in [0.5, 0.6) is 0 Å². The predicted octanol–water partition coefficient (Wildman–Crippen LogP) is 4.29. The van der Waals surface area contributed by atoms with Crippen LogP contribution in [0, 0.1) is 6.92 Å². The van der Waals surface area contributed by atoms with E-state index in [0.29, 0.717) is 0 Å². The maximum absolute atomic E-state index is 4.40. The van der Waals surface area contributed by atoms with Gasteiger partial charge in [-0.3, -0.25) is 4.98 Å². The summed E-state index contributed by atoms with van der Waals surface area (Å²) in [6.45, 7) is 2.08. The number of para-hydroxylation sites is 1. The molecule has 0 amide bonds. The van der Waals surface area contributed by atoms with Crippen LogP contribution < -0.4 is 5.32 Å². The van der Waals surface area contributed by atoms with Gasteiger partial charge in [-0.25, -0.2) is 0 Å². The summed E-state index contributed by atoms with van der Waals surface area (Å²) in [7, 11) is 0. The molecule has 0 unspecified atom stereocenters. The standard InChI is InChI=1S/C16H14N2/c1-12-7-8-14-15(9-10-17-16(14)11-12)18-13-5-3-2-4-6-13/h2-11H,1H3,(H,17,18). The number of nitrogens with zero attached hydrogens (tertiary/aromatic N) is 1. The molecule has 0 saturated heterocycles. The maximum Gasteiger partial charge on any atom is 0.0725 e. The molecular formula is C16H14N2. The Morgan fingerprint density at radius 3 is 2.61 bits per heavy atom. The van der Waals surface area contributed by atoms with Crippen LogP contribution in [0.25, 0.3) is 10.9 Å². The van der Waals surface area contributed by atoms with Crippen LogP contribution in [0.1, 0.15) is 5.56 Å². The van der Waals surface area contributed by atoms with Crippen molar-refractivity contribution in [3.8, 4) is 0 Å². The van der Waals surface area contributed by atoms with Crippen LogP contribution >= 0.6 is 0 Å². The second-order valence-corrected chi connectivity index (χ2v) is 4.37. The van der Waals surface area contributed by atoms with Crippen molar-refractivity contribution in [1.29, 1.82) is 0 Å². The van der Waals surface area contributed by atoms with E-state index in [4.69, 9.17) is 0 Å². The second kappa shape index (κ2) is 4.49. The van der Waals surface area contributed by atoms with E-state index in [9.17, 15) is 0 Å². The molecule has 0 saturated carbocycles. The van der Waals surface area contributed by atoms with E-state index in [1.807, 2.05) is 30.5 Å². The summed E-state index contributed by atoms with van der Waals surface area (Å²) in [5.41, 5.74) is 4.43. The van der Waals surface area contributed by atoms with Gasteiger partial charge in [0.2, 0.25) is 0 Å². The summed E-state index contributed by atoms with van der Waals surface area (Å²) in [5, 5.41) is 4.57. The molecule has 0 atom stereocenters. The van der Waals surface area contributed by atoms with Crippen molar-refractivity contribution < 1.29 is 0 Å². The van der Waals surface area contributed by atoms with Gasteiger partial charge in [0.1, 0.15) is 0 Å². The first kappa shape index (κ1) is 10.8. The lowest BCUT2D eigenvalue weighted by atomic mass is 10.1. The first-order valence-electron chi connectivity index (χ1n) is 6.00. The summed E-state index contributed by atoms with van der Waals surface area (Å²) in [4.78, 5) is 4.40. The van der Waals surface area contributed by atoms with Gasteiger partial charge in [0.15, 0.2) is 0 Å². The Balaban J connectivity index is 2.07. The minimum absolute atomic E-state index is 1.02. The van der Waals surface area contributed by atoms with Gasteiger partial charge < -0.3 is 5.32 Å². The fourth-order valence-corrected chi connectivity index (χ4v) is 2.04. The number of benzene rings is 2. The van der Waals surface area contributed by atoms with Gasteiger partial charge in [0.25, 0.3) is 0 Å². The molecule has 0 radical (unpaired) electrons. The number of fused-ring (bicyclic) bond motifs is 1. The number of rotatable bonds is 2. The van der Waals surface area contributed by atoms with Gasteiger partial charge in [0.05, 0.1) is 5.52 Å². The minimum atomic E-state index is 1.02. The van der Waals surface area contributed by atoms with Gasteiger partial charge >= 0.3 is 0 Å². The summed E-state index contributed by atoms with van der Waals surface area (Å²) in [6, 6.07) is 18.5. The van der Waals surface area contributed by atoms with Gasteiger partial charge in [-0.1, -0.05) is 30.3 Å². The molecule has 3 aromatic rings. The highest BCUT2D eigenvalue weighted by molar-refractivity contribution is 5.93. The molecule has 0 bridgehead atoms. The summed E-state index contributed by atoms with van der Waals surface area (Å²) in [6.07, 6.45) is 1.84. The topological polar surface area (TPSA) is 24.9 Å². The van der Waals surface area contributed by atoms with Crippen LogP contribution in [0.15, 0.2) is 60.8 Å². The third-order valence-corrected chi connectivity index (χ3v) is 2.95. The first-order chi connectivity index (χ1) is 8.83. The molecule has 0 aliphatic rings. The van der Waals surface area contributed by atoms with Crippen molar-refractivity contribution in [1.82, 2.24) is 4.98 Å². The predicted molar refractivity (Wildman–Crippen MR) is 76.2 cm³/mol. The van der Waals surface area contributed by atoms with Gasteiger partial charge in [-0.15, -0.1) is 0 Å². The molecule has 0 fully saturated rings. The number of aromatic nitrogens is 1. The Kier molecular flexibility index (Phi) is 2.69. The van der Waals surface area contributed by atoms with Crippen molar-refractivity contribution >= 4 is 22.3 Å². The molecule has 1 heterocycles. The normalized spacial score (nSPS) is 10.5. The molecule has 2 heteroatoms. The summed E-state index contributed by atoms with van der Waals surface area (Å²) < 4.78 is 0. The second-order valence-electron chi connectivity index (χ2n) is 4.37. The Bertz CT molecular complexity index is 675. The van der Waals surface area contributed by atoms with Crippen molar-refractivity contribution in [3.05, 3.63) is 66.4 Å². The molecule has 0 spiro atoms. The Hall–Kier alpha value is -2.35. The van der Waals surface area contributed by atoms with Gasteiger partial charge in [-0.2, -0.15) is 0 Å². The Labute approximate surface area is 106 Å². The average Bonchev–Trinajstić information content (AvgIpc) is 2.40. The fourth-order valence-electron chi connectivity index (χ4n) is 2.04. The third-order valence-electron chi connectivity index (χ3n) is 2.95. The molecule has 1 aromatic heterocycles. The molecule has 2 nitrogen and oxygen atoms in total. The van der Waals surface area contributed by atoms with E-state index in [0.717, 1.165) is 22.3 Å². The molecule has 1 N–H and O–H groups in total. The lowest BCUT2D eigenvalue weighted by Gasteiger charge is -2.09.